The van der Waals surface area contributed by atoms with Gasteiger partial charge in [0.15, 0.2) is 0 Å². The van der Waals surface area contributed by atoms with Gasteiger partial charge in [0, 0.05) is 38.3 Å². The Hall–Kier alpha value is -3.77. The molecule has 1 N–H and O–H groups in total. The third kappa shape index (κ3) is 4.56. The molecule has 0 radical (unpaired) electrons. The molecule has 0 spiro atoms. The Bertz CT molecular complexity index is 1270. The topological polar surface area (TPSA) is 113 Å². The molecule has 4 rings (SSSR count). The fourth-order valence-electron chi connectivity index (χ4n) is 3.90. The average Bonchev–Trinajstić information content (AvgIpc) is 3.13. The highest BCUT2D eigenvalue weighted by Crippen LogP contribution is 2.25. The third-order valence-corrected chi connectivity index (χ3v) is 5.51. The van der Waals surface area contributed by atoms with E-state index in [4.69, 9.17) is 10.00 Å². The molecular formula is C24H26N6O3. The lowest BCUT2D eigenvalue weighted by atomic mass is 10.1. The highest BCUT2D eigenvalue weighted by atomic mass is 16.6. The van der Waals surface area contributed by atoms with Crippen molar-refractivity contribution in [2.45, 2.75) is 32.4 Å². The van der Waals surface area contributed by atoms with Gasteiger partial charge < -0.3 is 14.6 Å². The molecule has 1 fully saturated rings. The standard InChI is InChI=1S/C24H26N6O3/c1-24(2,3)33-23(32)30-8-7-26-13-21(30)22(31)19-11-16-10-18(28-14-20(16)29(19)4)17-9-15(12-25)5-6-27-17/h5-6,9-11,14,21,26H,7-8,13H2,1-4H3. The number of fused-ring (bicyclic) bond motifs is 1. The number of nitriles is 1. The van der Waals surface area contributed by atoms with E-state index < -0.39 is 17.7 Å². The van der Waals surface area contributed by atoms with E-state index in [0.717, 1.165) is 10.9 Å². The Morgan fingerprint density at radius 1 is 1.21 bits per heavy atom. The zero-order valence-corrected chi connectivity index (χ0v) is 19.1. The minimum Gasteiger partial charge on any atom is -0.444 e. The van der Waals surface area contributed by atoms with Crippen molar-refractivity contribution in [1.82, 2.24) is 24.8 Å². The minimum atomic E-state index is -0.669. The lowest BCUT2D eigenvalue weighted by Crippen LogP contribution is -2.58. The van der Waals surface area contributed by atoms with E-state index in [1.807, 2.05) is 6.07 Å². The van der Waals surface area contributed by atoms with Gasteiger partial charge in [-0.3, -0.25) is 19.7 Å². The van der Waals surface area contributed by atoms with E-state index in [9.17, 15) is 9.59 Å². The maximum Gasteiger partial charge on any atom is 0.411 e. The highest BCUT2D eigenvalue weighted by molar-refractivity contribution is 6.04. The van der Waals surface area contributed by atoms with Crippen molar-refractivity contribution < 1.29 is 14.3 Å². The van der Waals surface area contributed by atoms with Gasteiger partial charge in [0.25, 0.3) is 0 Å². The number of ether oxygens (including phenoxy) is 1. The third-order valence-electron chi connectivity index (χ3n) is 5.51. The van der Waals surface area contributed by atoms with Gasteiger partial charge in [-0.25, -0.2) is 4.79 Å². The number of nitrogens with one attached hydrogen (secondary N) is 1. The first-order chi connectivity index (χ1) is 15.7. The minimum absolute atomic E-state index is 0.169. The number of piperazine rings is 1. The molecule has 1 amide bonds. The van der Waals surface area contributed by atoms with E-state index in [2.05, 4.69) is 21.4 Å². The molecule has 3 aromatic heterocycles. The molecule has 0 saturated carbocycles. The summed E-state index contributed by atoms with van der Waals surface area (Å²) in [6.45, 7) is 6.76. The number of carbonyl (C=O) groups excluding carboxylic acids is 2. The van der Waals surface area contributed by atoms with Crippen molar-refractivity contribution in [1.29, 1.82) is 5.26 Å². The summed E-state index contributed by atoms with van der Waals surface area (Å²) in [6, 6.07) is 8.40. The number of rotatable bonds is 3. The molecule has 9 heteroatoms. The Morgan fingerprint density at radius 3 is 2.70 bits per heavy atom. The quantitative estimate of drug-likeness (QED) is 0.616. The smallest absolute Gasteiger partial charge is 0.411 e. The average molecular weight is 447 g/mol. The van der Waals surface area contributed by atoms with Gasteiger partial charge in [0.05, 0.1) is 40.4 Å². The molecule has 1 saturated heterocycles. The van der Waals surface area contributed by atoms with Gasteiger partial charge in [0.2, 0.25) is 5.78 Å². The summed E-state index contributed by atoms with van der Waals surface area (Å²) in [4.78, 5) is 36.6. The fraction of sp³-hybridized carbons (Fsp3) is 0.375. The van der Waals surface area contributed by atoms with Crippen LogP contribution >= 0.6 is 0 Å². The fourth-order valence-corrected chi connectivity index (χ4v) is 3.90. The number of ketones is 1. The molecule has 1 unspecified atom stereocenters. The van der Waals surface area contributed by atoms with Crippen LogP contribution in [0.1, 0.15) is 36.8 Å². The van der Waals surface area contributed by atoms with Crippen LogP contribution in [0.3, 0.4) is 0 Å². The molecule has 0 aliphatic carbocycles. The second kappa shape index (κ2) is 8.64. The Morgan fingerprint density at radius 2 is 1.97 bits per heavy atom. The number of hydrogen-bond acceptors (Lipinski definition) is 7. The summed E-state index contributed by atoms with van der Waals surface area (Å²) in [6.07, 6.45) is 2.77. The summed E-state index contributed by atoms with van der Waals surface area (Å²) < 4.78 is 7.31. The number of Topliss-reactive ketones (excluding diaryl/α,β-unsaturated/α-hetero) is 1. The van der Waals surface area contributed by atoms with E-state index in [1.165, 1.54) is 4.90 Å². The summed E-state index contributed by atoms with van der Waals surface area (Å²) >= 11 is 0. The summed E-state index contributed by atoms with van der Waals surface area (Å²) in [5.74, 6) is -0.169. The first kappa shape index (κ1) is 22.4. The van der Waals surface area contributed by atoms with Crippen molar-refractivity contribution in [2.24, 2.45) is 7.05 Å². The molecule has 1 aliphatic rings. The van der Waals surface area contributed by atoms with Crippen LogP contribution in [-0.2, 0) is 11.8 Å². The molecule has 33 heavy (non-hydrogen) atoms. The van der Waals surface area contributed by atoms with Crippen LogP contribution in [0.5, 0.6) is 0 Å². The predicted molar refractivity (Wildman–Crippen MR) is 123 cm³/mol. The summed E-state index contributed by atoms with van der Waals surface area (Å²) in [5.41, 5.74) is 2.31. The monoisotopic (exact) mass is 446 g/mol. The zero-order chi connectivity index (χ0) is 23.8. The summed E-state index contributed by atoms with van der Waals surface area (Å²) in [7, 11) is 1.81. The van der Waals surface area contributed by atoms with Crippen LogP contribution in [0.4, 0.5) is 4.79 Å². The Balaban J connectivity index is 1.67. The van der Waals surface area contributed by atoms with Crippen LogP contribution in [0.2, 0.25) is 0 Å². The van der Waals surface area contributed by atoms with Gasteiger partial charge >= 0.3 is 6.09 Å². The van der Waals surface area contributed by atoms with Gasteiger partial charge in [-0.15, -0.1) is 0 Å². The number of aromatic nitrogens is 3. The maximum atomic E-state index is 13.5. The number of aryl methyl sites for hydroxylation is 1. The second-order valence-electron chi connectivity index (χ2n) is 9.02. The van der Waals surface area contributed by atoms with E-state index >= 15 is 0 Å². The van der Waals surface area contributed by atoms with Crippen molar-refractivity contribution in [2.75, 3.05) is 19.6 Å². The largest absolute Gasteiger partial charge is 0.444 e. The van der Waals surface area contributed by atoms with Crippen molar-refractivity contribution in [3.63, 3.8) is 0 Å². The second-order valence-corrected chi connectivity index (χ2v) is 9.02. The zero-order valence-electron chi connectivity index (χ0n) is 19.1. The van der Waals surface area contributed by atoms with Crippen LogP contribution in [0, 0.1) is 11.3 Å². The number of hydrogen-bond donors (Lipinski definition) is 1. The van der Waals surface area contributed by atoms with Crippen molar-refractivity contribution in [3.05, 3.63) is 47.9 Å². The van der Waals surface area contributed by atoms with Crippen LogP contribution in [-0.4, -0.2) is 62.6 Å². The predicted octanol–water partition coefficient (Wildman–Crippen LogP) is 2.90. The molecule has 9 nitrogen and oxygen atoms in total. The van der Waals surface area contributed by atoms with Crippen LogP contribution in [0.15, 0.2) is 36.7 Å². The highest BCUT2D eigenvalue weighted by Gasteiger charge is 2.36. The molecule has 0 aromatic carbocycles. The van der Waals surface area contributed by atoms with Crippen LogP contribution in [0.25, 0.3) is 22.3 Å². The molecule has 4 heterocycles. The van der Waals surface area contributed by atoms with Crippen LogP contribution < -0.4 is 5.32 Å². The number of carbonyl (C=O) groups is 2. The first-order valence-corrected chi connectivity index (χ1v) is 10.7. The van der Waals surface area contributed by atoms with Gasteiger partial charge in [-0.1, -0.05) is 0 Å². The van der Waals surface area contributed by atoms with Gasteiger partial charge in [-0.05, 0) is 45.0 Å². The molecule has 170 valence electrons. The Labute approximate surface area is 192 Å². The summed E-state index contributed by atoms with van der Waals surface area (Å²) in [5, 5.41) is 13.2. The lowest BCUT2D eigenvalue weighted by Gasteiger charge is -2.36. The number of nitrogens with zero attached hydrogens (tertiary/aromatic N) is 5. The maximum absolute atomic E-state index is 13.5. The van der Waals surface area contributed by atoms with E-state index in [0.29, 0.717) is 42.3 Å². The number of pyridine rings is 2. The van der Waals surface area contributed by atoms with E-state index in [-0.39, 0.29) is 5.78 Å². The molecular weight excluding hydrogens is 420 g/mol. The number of amides is 1. The normalized spacial score (nSPS) is 16.5. The molecule has 0 bridgehead atoms. The Kier molecular flexibility index (Phi) is 5.87. The SMILES string of the molecule is Cn1c(C(=O)C2CNCCN2C(=O)OC(C)(C)C)cc2cc(-c3cc(C#N)ccn3)ncc21. The van der Waals surface area contributed by atoms with Crippen molar-refractivity contribution >= 4 is 22.8 Å². The molecule has 3 aromatic rings. The van der Waals surface area contributed by atoms with Crippen molar-refractivity contribution in [3.8, 4) is 17.5 Å². The molecule has 1 aliphatic heterocycles. The van der Waals surface area contributed by atoms with Gasteiger partial charge in [0.1, 0.15) is 11.6 Å². The first-order valence-electron chi connectivity index (χ1n) is 10.7. The van der Waals surface area contributed by atoms with Gasteiger partial charge in [-0.2, -0.15) is 5.26 Å². The molecule has 1 atom stereocenters. The van der Waals surface area contributed by atoms with E-state index in [1.54, 1.807) is 63.0 Å². The lowest BCUT2D eigenvalue weighted by molar-refractivity contribution is 0.0123.